The van der Waals surface area contributed by atoms with Crippen LogP contribution in [0.4, 0.5) is 0 Å². The van der Waals surface area contributed by atoms with Crippen LogP contribution >= 0.6 is 11.8 Å². The van der Waals surface area contributed by atoms with Gasteiger partial charge in [-0.1, -0.05) is 75.0 Å². The normalized spacial score (nSPS) is 16.6. The Bertz CT molecular complexity index is 833. The highest BCUT2D eigenvalue weighted by molar-refractivity contribution is 8.15. The summed E-state index contributed by atoms with van der Waals surface area (Å²) in [4.78, 5) is 11.1. The van der Waals surface area contributed by atoms with Gasteiger partial charge in [-0.05, 0) is 33.7 Å². The van der Waals surface area contributed by atoms with Gasteiger partial charge in [0.1, 0.15) is 0 Å². The van der Waals surface area contributed by atoms with E-state index in [-0.39, 0.29) is 11.3 Å². The van der Waals surface area contributed by atoms with Crippen molar-refractivity contribution in [3.05, 3.63) is 59.7 Å². The average molecular weight is 351 g/mol. The molecule has 5 heteroatoms. The van der Waals surface area contributed by atoms with Crippen LogP contribution in [0.1, 0.15) is 31.9 Å². The number of benzene rings is 2. The summed E-state index contributed by atoms with van der Waals surface area (Å²) < 4.78 is 0. The van der Waals surface area contributed by atoms with E-state index in [0.717, 1.165) is 11.1 Å². The van der Waals surface area contributed by atoms with E-state index >= 15 is 0 Å². The molecular weight excluding hydrogens is 330 g/mol. The lowest BCUT2D eigenvalue weighted by Gasteiger charge is -2.19. The number of amides is 1. The highest BCUT2D eigenvalue weighted by atomic mass is 32.2. The van der Waals surface area contributed by atoms with Crippen molar-refractivity contribution in [2.24, 2.45) is 10.2 Å². The third-order valence-electron chi connectivity index (χ3n) is 3.91. The van der Waals surface area contributed by atoms with Crippen LogP contribution in [0.2, 0.25) is 0 Å². The van der Waals surface area contributed by atoms with Gasteiger partial charge in [-0.2, -0.15) is 5.10 Å². The van der Waals surface area contributed by atoms with E-state index in [1.165, 1.54) is 22.9 Å². The molecule has 1 amide bonds. The molecule has 0 radical (unpaired) electrons. The van der Waals surface area contributed by atoms with Gasteiger partial charge in [0.05, 0.1) is 12.0 Å². The fraction of sp³-hybridized carbons (Fsp3) is 0.250. The van der Waals surface area contributed by atoms with Gasteiger partial charge in [0, 0.05) is 0 Å². The standard InChI is InChI=1S/C20H21N3OS/c1-20(2,3)17-9-7-15(8-10-17)16-6-4-5-14(11-16)12-21-23-19-22-18(24)13-25-19/h4-12H,13H2,1-3H3,(H,22,23,24). The lowest BCUT2D eigenvalue weighted by molar-refractivity contribution is -0.116. The summed E-state index contributed by atoms with van der Waals surface area (Å²) in [6.07, 6.45) is 1.70. The maximum Gasteiger partial charge on any atom is 0.236 e. The molecule has 3 rings (SSSR count). The van der Waals surface area contributed by atoms with Crippen molar-refractivity contribution in [3.63, 3.8) is 0 Å². The summed E-state index contributed by atoms with van der Waals surface area (Å²) in [7, 11) is 0. The fourth-order valence-electron chi connectivity index (χ4n) is 2.49. The highest BCUT2D eigenvalue weighted by Gasteiger charge is 2.16. The van der Waals surface area contributed by atoms with Crippen LogP contribution in [0.25, 0.3) is 11.1 Å². The summed E-state index contributed by atoms with van der Waals surface area (Å²) >= 11 is 1.36. The van der Waals surface area contributed by atoms with E-state index in [0.29, 0.717) is 10.9 Å². The van der Waals surface area contributed by atoms with Crippen LogP contribution in [-0.2, 0) is 10.2 Å². The number of carbonyl (C=O) groups excluding carboxylic acids is 1. The molecule has 1 heterocycles. The van der Waals surface area contributed by atoms with Gasteiger partial charge in [-0.25, -0.2) is 0 Å². The Balaban J connectivity index is 1.76. The zero-order chi connectivity index (χ0) is 17.9. The minimum absolute atomic E-state index is 0.0281. The summed E-state index contributed by atoms with van der Waals surface area (Å²) in [5, 5.41) is 11.3. The molecule has 1 aliphatic rings. The third kappa shape index (κ3) is 4.57. The Labute approximate surface area is 152 Å². The number of rotatable bonds is 3. The van der Waals surface area contributed by atoms with Crippen LogP contribution in [-0.4, -0.2) is 23.0 Å². The highest BCUT2D eigenvalue weighted by Crippen LogP contribution is 2.26. The van der Waals surface area contributed by atoms with E-state index in [1.54, 1.807) is 6.21 Å². The summed E-state index contributed by atoms with van der Waals surface area (Å²) in [5.74, 6) is 0.383. The molecule has 0 unspecified atom stereocenters. The molecule has 0 saturated carbocycles. The van der Waals surface area contributed by atoms with Gasteiger partial charge in [0.15, 0.2) is 5.17 Å². The van der Waals surface area contributed by atoms with E-state index in [9.17, 15) is 4.79 Å². The molecule has 1 fully saturated rings. The first-order valence-corrected chi connectivity index (χ1v) is 9.15. The van der Waals surface area contributed by atoms with Gasteiger partial charge in [0.2, 0.25) is 5.91 Å². The van der Waals surface area contributed by atoms with Crippen LogP contribution in [0.15, 0.2) is 58.7 Å². The van der Waals surface area contributed by atoms with Gasteiger partial charge in [-0.15, -0.1) is 5.10 Å². The van der Waals surface area contributed by atoms with E-state index in [4.69, 9.17) is 0 Å². The number of carbonyl (C=O) groups is 1. The van der Waals surface area contributed by atoms with Crippen molar-refractivity contribution < 1.29 is 4.79 Å². The average Bonchev–Trinajstić information content (AvgIpc) is 3.00. The SMILES string of the molecule is CC(C)(C)c1ccc(-c2cccc(C=NN=C3NC(=O)CS3)c2)cc1. The van der Waals surface area contributed by atoms with Gasteiger partial charge < -0.3 is 5.32 Å². The van der Waals surface area contributed by atoms with Crippen molar-refractivity contribution in [1.82, 2.24) is 5.32 Å². The zero-order valence-electron chi connectivity index (χ0n) is 14.6. The first kappa shape index (κ1) is 17.4. The Morgan fingerprint density at radius 2 is 1.84 bits per heavy atom. The quantitative estimate of drug-likeness (QED) is 0.665. The van der Waals surface area contributed by atoms with Crippen LogP contribution in [0.3, 0.4) is 0 Å². The van der Waals surface area contributed by atoms with Crippen molar-refractivity contribution in [3.8, 4) is 11.1 Å². The van der Waals surface area contributed by atoms with Crippen LogP contribution < -0.4 is 5.32 Å². The number of thioether (sulfide) groups is 1. The number of hydrogen-bond donors (Lipinski definition) is 1. The maximum absolute atomic E-state index is 11.1. The smallest absolute Gasteiger partial charge is 0.236 e. The van der Waals surface area contributed by atoms with Crippen molar-refractivity contribution in [2.45, 2.75) is 26.2 Å². The molecule has 1 N–H and O–H groups in total. The van der Waals surface area contributed by atoms with Gasteiger partial charge >= 0.3 is 0 Å². The van der Waals surface area contributed by atoms with Gasteiger partial charge in [-0.3, -0.25) is 4.79 Å². The number of hydrogen-bond acceptors (Lipinski definition) is 4. The Hall–Kier alpha value is -2.40. The second-order valence-electron chi connectivity index (χ2n) is 6.94. The summed E-state index contributed by atoms with van der Waals surface area (Å²) in [6.45, 7) is 6.64. The van der Waals surface area contributed by atoms with Crippen molar-refractivity contribution in [1.29, 1.82) is 0 Å². The molecule has 4 nitrogen and oxygen atoms in total. The van der Waals surface area contributed by atoms with Crippen LogP contribution in [0, 0.1) is 0 Å². The molecule has 0 atom stereocenters. The Kier molecular flexibility index (Phi) is 5.04. The van der Waals surface area contributed by atoms with E-state index in [2.05, 4.69) is 72.7 Å². The van der Waals surface area contributed by atoms with E-state index < -0.39 is 0 Å². The first-order chi connectivity index (χ1) is 11.9. The maximum atomic E-state index is 11.1. The van der Waals surface area contributed by atoms with E-state index in [1.807, 2.05) is 12.1 Å². The van der Waals surface area contributed by atoms with Crippen LogP contribution in [0.5, 0.6) is 0 Å². The molecule has 1 aliphatic heterocycles. The monoisotopic (exact) mass is 351 g/mol. The fourth-order valence-corrected chi connectivity index (χ4v) is 3.12. The van der Waals surface area contributed by atoms with Crippen molar-refractivity contribution in [2.75, 3.05) is 5.75 Å². The van der Waals surface area contributed by atoms with Crippen molar-refractivity contribution >= 4 is 29.1 Å². The second-order valence-corrected chi connectivity index (χ2v) is 7.90. The molecule has 1 saturated heterocycles. The molecule has 0 bridgehead atoms. The lowest BCUT2D eigenvalue weighted by Crippen LogP contribution is -2.19. The largest absolute Gasteiger partial charge is 0.303 e. The molecule has 25 heavy (non-hydrogen) atoms. The topological polar surface area (TPSA) is 53.8 Å². The second kappa shape index (κ2) is 7.23. The predicted molar refractivity (Wildman–Crippen MR) is 106 cm³/mol. The molecule has 0 spiro atoms. The third-order valence-corrected chi connectivity index (χ3v) is 4.78. The summed E-state index contributed by atoms with van der Waals surface area (Å²) in [6, 6.07) is 16.8. The lowest BCUT2D eigenvalue weighted by atomic mass is 9.86. The first-order valence-electron chi connectivity index (χ1n) is 8.16. The Morgan fingerprint density at radius 1 is 1.08 bits per heavy atom. The molecule has 2 aromatic rings. The Morgan fingerprint density at radius 3 is 2.48 bits per heavy atom. The molecule has 128 valence electrons. The van der Waals surface area contributed by atoms with Gasteiger partial charge in [0.25, 0.3) is 0 Å². The summed E-state index contributed by atoms with van der Waals surface area (Å²) in [5.41, 5.74) is 4.76. The number of nitrogens with zero attached hydrogens (tertiary/aromatic N) is 2. The molecule has 2 aromatic carbocycles. The molecule has 0 aliphatic carbocycles. The number of amidine groups is 1. The molecule has 0 aromatic heterocycles. The zero-order valence-corrected chi connectivity index (χ0v) is 15.4. The number of nitrogens with one attached hydrogen (secondary N) is 1. The minimum atomic E-state index is -0.0281. The minimum Gasteiger partial charge on any atom is -0.303 e. The molecular formula is C20H21N3OS. The predicted octanol–water partition coefficient (Wildman–Crippen LogP) is 4.20.